The number of carbonyl (C=O) groups excluding carboxylic acids is 1. The van der Waals surface area contributed by atoms with Gasteiger partial charge in [0, 0.05) is 5.69 Å². The number of hydrogen-bond donors (Lipinski definition) is 2. The Hall–Kier alpha value is -2.63. The molecule has 0 aromatic heterocycles. The Morgan fingerprint density at radius 1 is 1.19 bits per heavy atom. The molecule has 0 spiro atoms. The lowest BCUT2D eigenvalue weighted by atomic mass is 10.1. The smallest absolute Gasteiger partial charge is 0.341 e. The summed E-state index contributed by atoms with van der Waals surface area (Å²) in [5, 5.41) is 20.6. The Morgan fingerprint density at radius 2 is 1.81 bits per heavy atom. The molecule has 6 nitrogen and oxygen atoms in total. The van der Waals surface area contributed by atoms with E-state index >= 15 is 0 Å². The van der Waals surface area contributed by atoms with E-state index in [1.165, 1.54) is 6.08 Å². The quantitative estimate of drug-likeness (QED) is 0.477. The highest BCUT2D eigenvalue weighted by molar-refractivity contribution is 9.11. The average molecular weight is 480 g/mol. The summed E-state index contributed by atoms with van der Waals surface area (Å²) in [6.07, 6.45) is 1.43. The van der Waals surface area contributed by atoms with Crippen molar-refractivity contribution in [3.8, 4) is 11.8 Å². The van der Waals surface area contributed by atoms with Gasteiger partial charge in [0.15, 0.2) is 6.61 Å². The summed E-state index contributed by atoms with van der Waals surface area (Å²) in [5.74, 6) is -1.31. The zero-order valence-electron chi connectivity index (χ0n) is 13.2. The molecule has 8 heteroatoms. The number of anilines is 1. The number of amides is 1. The van der Waals surface area contributed by atoms with Crippen molar-refractivity contribution in [2.24, 2.45) is 0 Å². The van der Waals surface area contributed by atoms with E-state index in [1.807, 2.05) is 12.1 Å². The third kappa shape index (κ3) is 5.44. The molecule has 0 aliphatic rings. The first-order valence-corrected chi connectivity index (χ1v) is 8.81. The van der Waals surface area contributed by atoms with Crippen molar-refractivity contribution >= 4 is 55.5 Å². The van der Waals surface area contributed by atoms with E-state index in [-0.39, 0.29) is 5.57 Å². The molecule has 26 heavy (non-hydrogen) atoms. The Balaban J connectivity index is 2.24. The molecule has 0 atom stereocenters. The molecule has 2 aromatic carbocycles. The number of ether oxygens (including phenoxy) is 1. The number of nitrogens with one attached hydrogen (secondary N) is 1. The SMILES string of the molecule is N#C/C(=C/c1cc(Br)c(OCC(=O)O)c(Br)c1)C(=O)Nc1ccccc1. The van der Waals surface area contributed by atoms with Gasteiger partial charge < -0.3 is 15.2 Å². The molecular weight excluding hydrogens is 468 g/mol. The largest absolute Gasteiger partial charge is 0.480 e. The summed E-state index contributed by atoms with van der Waals surface area (Å²) in [6, 6.07) is 13.9. The Morgan fingerprint density at radius 3 is 2.35 bits per heavy atom. The van der Waals surface area contributed by atoms with Crippen molar-refractivity contribution in [3.63, 3.8) is 0 Å². The molecule has 0 saturated carbocycles. The number of nitrogens with zero attached hydrogens (tertiary/aromatic N) is 1. The topological polar surface area (TPSA) is 99.4 Å². The minimum Gasteiger partial charge on any atom is -0.480 e. The van der Waals surface area contributed by atoms with Crippen LogP contribution in [-0.2, 0) is 9.59 Å². The summed E-state index contributed by atoms with van der Waals surface area (Å²) >= 11 is 6.58. The van der Waals surface area contributed by atoms with Crippen LogP contribution < -0.4 is 10.1 Å². The number of rotatable bonds is 6. The molecule has 2 rings (SSSR count). The predicted octanol–water partition coefficient (Wildman–Crippen LogP) is 4.22. The van der Waals surface area contributed by atoms with E-state index < -0.39 is 18.5 Å². The molecule has 0 aliphatic carbocycles. The Bertz CT molecular complexity index is 882. The molecule has 2 N–H and O–H groups in total. The molecular formula is C18H12Br2N2O4. The average Bonchev–Trinajstić information content (AvgIpc) is 2.59. The van der Waals surface area contributed by atoms with Crippen LogP contribution in [0.3, 0.4) is 0 Å². The standard InChI is InChI=1S/C18H12Br2N2O4/c19-14-7-11(8-15(20)17(14)26-10-16(23)24)6-12(9-21)18(25)22-13-4-2-1-3-5-13/h1-8H,10H2,(H,22,25)(H,23,24)/b12-6-. The summed E-state index contributed by atoms with van der Waals surface area (Å²) in [6.45, 7) is -0.491. The van der Waals surface area contributed by atoms with Crippen LogP contribution in [0.2, 0.25) is 0 Å². The molecule has 0 aliphatic heterocycles. The lowest BCUT2D eigenvalue weighted by Gasteiger charge is -2.10. The normalized spacial score (nSPS) is 10.7. The predicted molar refractivity (Wildman–Crippen MR) is 104 cm³/mol. The van der Waals surface area contributed by atoms with Crippen LogP contribution in [0.15, 0.2) is 57.0 Å². The van der Waals surface area contributed by atoms with Gasteiger partial charge in [0.2, 0.25) is 0 Å². The second kappa shape index (κ2) is 9.17. The van der Waals surface area contributed by atoms with Crippen LogP contribution in [0, 0.1) is 11.3 Å². The molecule has 0 saturated heterocycles. The van der Waals surface area contributed by atoms with Gasteiger partial charge in [0.25, 0.3) is 5.91 Å². The number of hydrogen-bond acceptors (Lipinski definition) is 4. The fourth-order valence-corrected chi connectivity index (χ4v) is 3.42. The van der Waals surface area contributed by atoms with Crippen molar-refractivity contribution in [3.05, 3.63) is 62.5 Å². The Kier molecular flexibility index (Phi) is 6.95. The monoisotopic (exact) mass is 478 g/mol. The van der Waals surface area contributed by atoms with E-state index in [2.05, 4.69) is 37.2 Å². The highest BCUT2D eigenvalue weighted by Crippen LogP contribution is 2.35. The fourth-order valence-electron chi connectivity index (χ4n) is 1.97. The van der Waals surface area contributed by atoms with E-state index in [0.29, 0.717) is 25.9 Å². The third-order valence-corrected chi connectivity index (χ3v) is 4.25. The lowest BCUT2D eigenvalue weighted by Crippen LogP contribution is -2.13. The number of nitriles is 1. The highest BCUT2D eigenvalue weighted by atomic mass is 79.9. The molecule has 132 valence electrons. The maximum Gasteiger partial charge on any atom is 0.341 e. The van der Waals surface area contributed by atoms with Gasteiger partial charge in [-0.15, -0.1) is 0 Å². The van der Waals surface area contributed by atoms with Crippen molar-refractivity contribution in [2.75, 3.05) is 11.9 Å². The summed E-state index contributed by atoms with van der Waals surface area (Å²) in [5.41, 5.74) is 1.07. The van der Waals surface area contributed by atoms with Gasteiger partial charge in [0.05, 0.1) is 8.95 Å². The minimum atomic E-state index is -1.10. The van der Waals surface area contributed by atoms with Crippen molar-refractivity contribution in [2.45, 2.75) is 0 Å². The van der Waals surface area contributed by atoms with Gasteiger partial charge in [-0.2, -0.15) is 5.26 Å². The maximum atomic E-state index is 12.2. The molecule has 0 bridgehead atoms. The molecule has 1 amide bonds. The number of para-hydroxylation sites is 1. The van der Waals surface area contributed by atoms with Crippen LogP contribution in [0.1, 0.15) is 5.56 Å². The van der Waals surface area contributed by atoms with Gasteiger partial charge in [-0.05, 0) is 67.8 Å². The fraction of sp³-hybridized carbons (Fsp3) is 0.0556. The molecule has 0 fully saturated rings. The van der Waals surface area contributed by atoms with Gasteiger partial charge in [-0.3, -0.25) is 4.79 Å². The summed E-state index contributed by atoms with van der Waals surface area (Å²) in [7, 11) is 0. The van der Waals surface area contributed by atoms with Crippen LogP contribution in [0.4, 0.5) is 5.69 Å². The lowest BCUT2D eigenvalue weighted by molar-refractivity contribution is -0.139. The first-order chi connectivity index (χ1) is 12.4. The molecule has 0 radical (unpaired) electrons. The minimum absolute atomic E-state index is 0.0770. The van der Waals surface area contributed by atoms with E-state index in [9.17, 15) is 14.9 Å². The van der Waals surface area contributed by atoms with Crippen molar-refractivity contribution < 1.29 is 19.4 Å². The number of carboxylic acid groups (broad SMARTS) is 1. The first-order valence-electron chi connectivity index (χ1n) is 7.22. The Labute approximate surface area is 166 Å². The van der Waals surface area contributed by atoms with Gasteiger partial charge in [-0.1, -0.05) is 18.2 Å². The van der Waals surface area contributed by atoms with Crippen LogP contribution >= 0.6 is 31.9 Å². The molecule has 0 unspecified atom stereocenters. The highest BCUT2D eigenvalue weighted by Gasteiger charge is 2.13. The number of aliphatic carboxylic acids is 1. The summed E-state index contributed by atoms with van der Waals surface area (Å²) < 4.78 is 6.16. The zero-order valence-corrected chi connectivity index (χ0v) is 16.4. The van der Waals surface area contributed by atoms with Gasteiger partial charge in [-0.25, -0.2) is 4.79 Å². The number of halogens is 2. The van der Waals surface area contributed by atoms with Crippen LogP contribution in [0.5, 0.6) is 5.75 Å². The van der Waals surface area contributed by atoms with E-state index in [0.717, 1.165) is 0 Å². The third-order valence-electron chi connectivity index (χ3n) is 3.07. The summed E-state index contributed by atoms with van der Waals surface area (Å²) in [4.78, 5) is 22.9. The van der Waals surface area contributed by atoms with Crippen LogP contribution in [-0.4, -0.2) is 23.6 Å². The van der Waals surface area contributed by atoms with Crippen molar-refractivity contribution in [1.29, 1.82) is 5.26 Å². The van der Waals surface area contributed by atoms with E-state index in [1.54, 1.807) is 36.4 Å². The van der Waals surface area contributed by atoms with E-state index in [4.69, 9.17) is 9.84 Å². The van der Waals surface area contributed by atoms with Gasteiger partial charge in [0.1, 0.15) is 17.4 Å². The van der Waals surface area contributed by atoms with Crippen molar-refractivity contribution in [1.82, 2.24) is 0 Å². The van der Waals surface area contributed by atoms with Crippen LogP contribution in [0.25, 0.3) is 6.08 Å². The molecule has 2 aromatic rings. The number of benzene rings is 2. The zero-order chi connectivity index (χ0) is 19.1. The second-order valence-corrected chi connectivity index (χ2v) is 6.69. The van der Waals surface area contributed by atoms with Gasteiger partial charge >= 0.3 is 5.97 Å². The number of carbonyl (C=O) groups is 2. The maximum absolute atomic E-state index is 12.2. The number of carboxylic acids is 1. The molecule has 0 heterocycles. The first kappa shape index (κ1) is 19.7. The second-order valence-electron chi connectivity index (χ2n) is 4.99.